The van der Waals surface area contributed by atoms with Crippen molar-refractivity contribution in [3.63, 3.8) is 0 Å². The molecular formula is C21H14ClFN4OS2. The molecule has 0 aliphatic carbocycles. The zero-order chi connectivity index (χ0) is 20.7. The van der Waals surface area contributed by atoms with Gasteiger partial charge in [-0.3, -0.25) is 13.8 Å². The van der Waals surface area contributed by atoms with Crippen LogP contribution >= 0.6 is 34.7 Å². The minimum Gasteiger partial charge on any atom is -0.271 e. The van der Waals surface area contributed by atoms with E-state index in [1.807, 2.05) is 34.0 Å². The molecule has 2 aromatic carbocycles. The van der Waals surface area contributed by atoms with Crippen molar-refractivity contribution < 1.29 is 4.39 Å². The summed E-state index contributed by atoms with van der Waals surface area (Å²) in [6.07, 6.45) is 0. The van der Waals surface area contributed by atoms with Gasteiger partial charge in [-0.1, -0.05) is 53.7 Å². The fraction of sp³-hybridized carbons (Fsp3) is 0.0952. The van der Waals surface area contributed by atoms with Crippen molar-refractivity contribution in [2.24, 2.45) is 0 Å². The van der Waals surface area contributed by atoms with Crippen molar-refractivity contribution in [2.45, 2.75) is 17.5 Å². The molecule has 0 aliphatic rings. The lowest BCUT2D eigenvalue weighted by Crippen LogP contribution is -2.23. The van der Waals surface area contributed by atoms with Gasteiger partial charge in [0.15, 0.2) is 5.16 Å². The predicted octanol–water partition coefficient (Wildman–Crippen LogP) is 5.24. The van der Waals surface area contributed by atoms with Gasteiger partial charge in [0.2, 0.25) is 5.78 Å². The summed E-state index contributed by atoms with van der Waals surface area (Å²) in [7, 11) is 0. The number of hydrogen-bond donors (Lipinski definition) is 0. The number of nitrogens with zero attached hydrogens (tertiary/aromatic N) is 4. The van der Waals surface area contributed by atoms with Crippen molar-refractivity contribution in [2.75, 3.05) is 0 Å². The standard InChI is InChI=1S/C21H14ClFN4OS2/c22-15-7-5-13(6-8-15)11-26-19(28)18-17(9-10-29-18)27-20(26)24-25-21(27)30-12-14-3-1-2-4-16(14)23/h1-10H,11-12H2. The number of fused-ring (bicyclic) bond motifs is 3. The van der Waals surface area contributed by atoms with E-state index in [2.05, 4.69) is 10.2 Å². The van der Waals surface area contributed by atoms with E-state index in [-0.39, 0.29) is 11.4 Å². The van der Waals surface area contributed by atoms with E-state index in [9.17, 15) is 9.18 Å². The first kappa shape index (κ1) is 19.3. The van der Waals surface area contributed by atoms with Crippen molar-refractivity contribution in [1.29, 1.82) is 0 Å². The van der Waals surface area contributed by atoms with E-state index in [0.717, 1.165) is 11.1 Å². The Morgan fingerprint density at radius 1 is 1.07 bits per heavy atom. The van der Waals surface area contributed by atoms with Crippen molar-refractivity contribution in [3.05, 3.63) is 92.3 Å². The van der Waals surface area contributed by atoms with E-state index in [1.165, 1.54) is 29.2 Å². The summed E-state index contributed by atoms with van der Waals surface area (Å²) in [5, 5.41) is 11.7. The van der Waals surface area contributed by atoms with E-state index >= 15 is 0 Å². The topological polar surface area (TPSA) is 52.2 Å². The molecule has 30 heavy (non-hydrogen) atoms. The van der Waals surface area contributed by atoms with Crippen LogP contribution in [0.15, 0.2) is 69.9 Å². The molecule has 0 spiro atoms. The summed E-state index contributed by atoms with van der Waals surface area (Å²) in [4.78, 5) is 13.1. The summed E-state index contributed by atoms with van der Waals surface area (Å²) >= 11 is 8.75. The fourth-order valence-corrected chi connectivity index (χ4v) is 5.14. The lowest BCUT2D eigenvalue weighted by molar-refractivity contribution is 0.617. The lowest BCUT2D eigenvalue weighted by Gasteiger charge is -2.10. The normalized spacial score (nSPS) is 11.5. The van der Waals surface area contributed by atoms with Gasteiger partial charge < -0.3 is 0 Å². The van der Waals surface area contributed by atoms with Gasteiger partial charge in [0.05, 0.1) is 12.1 Å². The SMILES string of the molecule is O=c1c2sccc2n2c(SCc3ccccc3F)nnc2n1Cc1ccc(Cl)cc1. The second-order valence-corrected chi connectivity index (χ2v) is 8.95. The van der Waals surface area contributed by atoms with Gasteiger partial charge in [0, 0.05) is 10.8 Å². The van der Waals surface area contributed by atoms with Gasteiger partial charge in [0.1, 0.15) is 10.5 Å². The van der Waals surface area contributed by atoms with E-state index in [0.29, 0.717) is 38.5 Å². The molecule has 5 aromatic rings. The van der Waals surface area contributed by atoms with Gasteiger partial charge in [0.25, 0.3) is 5.56 Å². The molecule has 0 N–H and O–H groups in total. The highest BCUT2D eigenvalue weighted by Gasteiger charge is 2.18. The Kier molecular flexibility index (Phi) is 5.06. The number of thioether (sulfide) groups is 1. The Morgan fingerprint density at radius 2 is 1.87 bits per heavy atom. The molecule has 9 heteroatoms. The average molecular weight is 457 g/mol. The number of halogens is 2. The van der Waals surface area contributed by atoms with Crippen LogP contribution < -0.4 is 5.56 Å². The van der Waals surface area contributed by atoms with Crippen LogP contribution in [0.4, 0.5) is 4.39 Å². The number of aromatic nitrogens is 4. The van der Waals surface area contributed by atoms with E-state index in [4.69, 9.17) is 11.6 Å². The summed E-state index contributed by atoms with van der Waals surface area (Å²) in [5.41, 5.74) is 2.17. The quantitative estimate of drug-likeness (QED) is 0.339. The maximum Gasteiger partial charge on any atom is 0.273 e. The molecule has 0 amide bonds. The molecule has 0 saturated carbocycles. The van der Waals surface area contributed by atoms with Crippen molar-refractivity contribution >= 4 is 50.7 Å². The predicted molar refractivity (Wildman–Crippen MR) is 119 cm³/mol. The van der Waals surface area contributed by atoms with Crippen molar-refractivity contribution in [1.82, 2.24) is 19.2 Å². The molecular weight excluding hydrogens is 443 g/mol. The highest BCUT2D eigenvalue weighted by atomic mass is 35.5. The van der Waals surface area contributed by atoms with E-state index in [1.54, 1.807) is 28.8 Å². The van der Waals surface area contributed by atoms with Crippen LogP contribution in [-0.4, -0.2) is 19.2 Å². The van der Waals surface area contributed by atoms with E-state index < -0.39 is 0 Å². The highest BCUT2D eigenvalue weighted by molar-refractivity contribution is 7.98. The van der Waals surface area contributed by atoms with Gasteiger partial charge >= 0.3 is 0 Å². The maximum atomic E-state index is 14.0. The molecule has 0 aliphatic heterocycles. The molecule has 0 fully saturated rings. The Labute approximate surface area is 183 Å². The molecule has 0 radical (unpaired) electrons. The minimum absolute atomic E-state index is 0.111. The molecule has 3 aromatic heterocycles. The van der Waals surface area contributed by atoms with Gasteiger partial charge in [-0.25, -0.2) is 4.39 Å². The molecule has 0 unspecified atom stereocenters. The lowest BCUT2D eigenvalue weighted by atomic mass is 10.2. The average Bonchev–Trinajstić information content (AvgIpc) is 3.39. The Balaban J connectivity index is 1.61. The second kappa shape index (κ2) is 7.86. The molecule has 3 heterocycles. The molecule has 5 rings (SSSR count). The number of benzene rings is 2. The summed E-state index contributed by atoms with van der Waals surface area (Å²) in [5.74, 6) is 0.617. The van der Waals surface area contributed by atoms with Crippen LogP contribution in [0.3, 0.4) is 0 Å². The van der Waals surface area contributed by atoms with Crippen molar-refractivity contribution in [3.8, 4) is 0 Å². The fourth-order valence-electron chi connectivity index (χ4n) is 3.27. The smallest absolute Gasteiger partial charge is 0.271 e. The van der Waals surface area contributed by atoms with Gasteiger partial charge in [-0.05, 0) is 40.8 Å². The van der Waals surface area contributed by atoms with Crippen LogP contribution in [0.25, 0.3) is 16.0 Å². The van der Waals surface area contributed by atoms with Crippen LogP contribution in [0.2, 0.25) is 5.02 Å². The number of thiophene rings is 1. The first-order chi connectivity index (χ1) is 14.6. The van der Waals surface area contributed by atoms with Crippen LogP contribution in [-0.2, 0) is 12.3 Å². The summed E-state index contributed by atoms with van der Waals surface area (Å²) < 4.78 is 18.1. The molecule has 5 nitrogen and oxygen atoms in total. The van der Waals surface area contributed by atoms with Crippen LogP contribution in [0.5, 0.6) is 0 Å². The Hall–Kier alpha value is -2.68. The zero-order valence-corrected chi connectivity index (χ0v) is 17.8. The molecule has 0 atom stereocenters. The highest BCUT2D eigenvalue weighted by Crippen LogP contribution is 2.27. The third-order valence-electron chi connectivity index (χ3n) is 4.75. The third-order valence-corrected chi connectivity index (χ3v) is 6.87. The Morgan fingerprint density at radius 3 is 2.67 bits per heavy atom. The molecule has 0 saturated heterocycles. The summed E-state index contributed by atoms with van der Waals surface area (Å²) in [6, 6.07) is 15.9. The molecule has 0 bridgehead atoms. The second-order valence-electron chi connectivity index (χ2n) is 6.65. The van der Waals surface area contributed by atoms with Crippen LogP contribution in [0.1, 0.15) is 11.1 Å². The van der Waals surface area contributed by atoms with Gasteiger partial charge in [-0.15, -0.1) is 21.5 Å². The largest absolute Gasteiger partial charge is 0.273 e. The number of hydrogen-bond acceptors (Lipinski definition) is 5. The first-order valence-electron chi connectivity index (χ1n) is 9.07. The third kappa shape index (κ3) is 3.40. The zero-order valence-electron chi connectivity index (χ0n) is 15.5. The first-order valence-corrected chi connectivity index (χ1v) is 11.3. The minimum atomic E-state index is -0.251. The number of rotatable bonds is 5. The monoisotopic (exact) mass is 456 g/mol. The summed E-state index contributed by atoms with van der Waals surface area (Å²) in [6.45, 7) is 0.351. The Bertz CT molecular complexity index is 1430. The maximum absolute atomic E-state index is 14.0. The molecule has 150 valence electrons. The van der Waals surface area contributed by atoms with Gasteiger partial charge in [-0.2, -0.15) is 0 Å². The van der Waals surface area contributed by atoms with Crippen LogP contribution in [0, 0.1) is 5.82 Å².